The predicted octanol–water partition coefficient (Wildman–Crippen LogP) is 7.75. The summed E-state index contributed by atoms with van der Waals surface area (Å²) in [6.07, 6.45) is 16.7. The Morgan fingerprint density at radius 2 is 1.50 bits per heavy atom. The lowest BCUT2D eigenvalue weighted by Crippen LogP contribution is -2.20. The number of rotatable bonds is 8. The molecule has 0 bridgehead atoms. The van der Waals surface area contributed by atoms with Crippen molar-refractivity contribution in [3.63, 3.8) is 0 Å². The van der Waals surface area contributed by atoms with Gasteiger partial charge in [0.15, 0.2) is 0 Å². The molecular weight excluding hydrogens is 316 g/mol. The molecule has 1 aromatic carbocycles. The molecule has 0 heterocycles. The molecule has 0 aliphatic heterocycles. The van der Waals surface area contributed by atoms with Crippen molar-refractivity contribution in [3.05, 3.63) is 29.8 Å². The smallest absolute Gasteiger partial charge is 0.119 e. The maximum atomic E-state index is 6.05. The van der Waals surface area contributed by atoms with E-state index in [4.69, 9.17) is 4.74 Å². The lowest BCUT2D eigenvalue weighted by atomic mass is 9.75. The van der Waals surface area contributed by atoms with Crippen molar-refractivity contribution in [2.75, 3.05) is 6.61 Å². The maximum Gasteiger partial charge on any atom is 0.119 e. The van der Waals surface area contributed by atoms with Gasteiger partial charge in [0, 0.05) is 0 Å². The van der Waals surface area contributed by atoms with Crippen molar-refractivity contribution in [2.24, 2.45) is 17.8 Å². The van der Waals surface area contributed by atoms with Crippen molar-refractivity contribution in [3.8, 4) is 5.75 Å². The van der Waals surface area contributed by atoms with E-state index in [1.807, 2.05) is 0 Å². The van der Waals surface area contributed by atoms with Crippen LogP contribution in [0.1, 0.15) is 102 Å². The standard InChI is InChI=1S/C25H40O/c1-3-7-21-8-4-5-9-22(21)10-6-19-26-25-17-15-24(16-18-25)23-13-11-20(2)12-14-23/h15-18,20-23H,3-14,19H2,1-2H3. The van der Waals surface area contributed by atoms with Crippen LogP contribution in [0, 0.1) is 17.8 Å². The fraction of sp³-hybridized carbons (Fsp3) is 0.760. The average molecular weight is 357 g/mol. The van der Waals surface area contributed by atoms with Gasteiger partial charge in [-0.3, -0.25) is 0 Å². The van der Waals surface area contributed by atoms with Crippen molar-refractivity contribution in [1.82, 2.24) is 0 Å². The molecule has 146 valence electrons. The van der Waals surface area contributed by atoms with Crippen LogP contribution < -0.4 is 4.74 Å². The molecule has 0 aromatic heterocycles. The molecule has 0 spiro atoms. The highest BCUT2D eigenvalue weighted by Gasteiger charge is 2.23. The zero-order valence-electron chi connectivity index (χ0n) is 17.2. The zero-order chi connectivity index (χ0) is 18.2. The minimum atomic E-state index is 0.780. The van der Waals surface area contributed by atoms with Gasteiger partial charge in [0.2, 0.25) is 0 Å². The van der Waals surface area contributed by atoms with Gasteiger partial charge in [0.1, 0.15) is 5.75 Å². The van der Waals surface area contributed by atoms with Gasteiger partial charge >= 0.3 is 0 Å². The van der Waals surface area contributed by atoms with Crippen molar-refractivity contribution in [1.29, 1.82) is 0 Å². The second-order valence-electron chi connectivity index (χ2n) is 9.11. The monoisotopic (exact) mass is 356 g/mol. The summed E-state index contributed by atoms with van der Waals surface area (Å²) in [4.78, 5) is 0. The molecule has 0 saturated heterocycles. The Bertz CT molecular complexity index is 495. The van der Waals surface area contributed by atoms with Crippen LogP contribution in [0.25, 0.3) is 0 Å². The summed E-state index contributed by atoms with van der Waals surface area (Å²) < 4.78 is 6.05. The third-order valence-electron chi connectivity index (χ3n) is 7.08. The highest BCUT2D eigenvalue weighted by molar-refractivity contribution is 5.29. The Morgan fingerprint density at radius 1 is 0.846 bits per heavy atom. The number of benzene rings is 1. The van der Waals surface area contributed by atoms with Crippen LogP contribution in [0.2, 0.25) is 0 Å². The van der Waals surface area contributed by atoms with Gasteiger partial charge in [0.25, 0.3) is 0 Å². The third-order valence-corrected chi connectivity index (χ3v) is 7.08. The summed E-state index contributed by atoms with van der Waals surface area (Å²) in [5.74, 6) is 4.72. The summed E-state index contributed by atoms with van der Waals surface area (Å²) >= 11 is 0. The summed E-state index contributed by atoms with van der Waals surface area (Å²) in [6, 6.07) is 9.03. The molecule has 2 atom stereocenters. The normalized spacial score (nSPS) is 29.5. The molecule has 2 unspecified atom stereocenters. The highest BCUT2D eigenvalue weighted by Crippen LogP contribution is 2.37. The van der Waals surface area contributed by atoms with Gasteiger partial charge in [-0.15, -0.1) is 0 Å². The summed E-state index contributed by atoms with van der Waals surface area (Å²) in [5, 5.41) is 0. The lowest BCUT2D eigenvalue weighted by Gasteiger charge is -2.31. The Balaban J connectivity index is 1.38. The maximum absolute atomic E-state index is 6.05. The van der Waals surface area contributed by atoms with E-state index in [9.17, 15) is 0 Å². The molecule has 1 heteroatoms. The molecule has 2 aliphatic carbocycles. The molecule has 3 rings (SSSR count). The molecule has 2 fully saturated rings. The molecule has 0 amide bonds. The third kappa shape index (κ3) is 5.76. The zero-order valence-corrected chi connectivity index (χ0v) is 17.2. The molecule has 1 aromatic rings. The molecule has 26 heavy (non-hydrogen) atoms. The van der Waals surface area contributed by atoms with E-state index in [0.717, 1.165) is 36.0 Å². The predicted molar refractivity (Wildman–Crippen MR) is 112 cm³/mol. The fourth-order valence-corrected chi connectivity index (χ4v) is 5.38. The Kier molecular flexibility index (Phi) is 7.89. The Hall–Kier alpha value is -0.980. The molecule has 0 radical (unpaired) electrons. The number of ether oxygens (including phenoxy) is 1. The second-order valence-corrected chi connectivity index (χ2v) is 9.11. The highest BCUT2D eigenvalue weighted by atomic mass is 16.5. The van der Waals surface area contributed by atoms with Crippen LogP contribution in [0.15, 0.2) is 24.3 Å². The van der Waals surface area contributed by atoms with Crippen LogP contribution in [0.3, 0.4) is 0 Å². The van der Waals surface area contributed by atoms with Crippen molar-refractivity contribution >= 4 is 0 Å². The summed E-state index contributed by atoms with van der Waals surface area (Å²) in [6.45, 7) is 5.62. The van der Waals surface area contributed by atoms with Gasteiger partial charge in [-0.2, -0.15) is 0 Å². The van der Waals surface area contributed by atoms with Crippen molar-refractivity contribution in [2.45, 2.75) is 96.8 Å². The van der Waals surface area contributed by atoms with E-state index in [-0.39, 0.29) is 0 Å². The van der Waals surface area contributed by atoms with E-state index < -0.39 is 0 Å². The van der Waals surface area contributed by atoms with E-state index in [2.05, 4.69) is 38.1 Å². The van der Waals surface area contributed by atoms with E-state index in [1.54, 1.807) is 0 Å². The van der Waals surface area contributed by atoms with Crippen LogP contribution in [-0.2, 0) is 0 Å². The quantitative estimate of drug-likeness (QED) is 0.433. The van der Waals surface area contributed by atoms with E-state index in [0.29, 0.717) is 0 Å². The van der Waals surface area contributed by atoms with Gasteiger partial charge in [-0.25, -0.2) is 0 Å². The first-order valence-electron chi connectivity index (χ1n) is 11.5. The van der Waals surface area contributed by atoms with Crippen LogP contribution in [0.5, 0.6) is 5.75 Å². The first kappa shape index (κ1) is 19.8. The first-order chi connectivity index (χ1) is 12.8. The van der Waals surface area contributed by atoms with Crippen molar-refractivity contribution < 1.29 is 4.74 Å². The second kappa shape index (κ2) is 10.4. The largest absolute Gasteiger partial charge is 0.494 e. The summed E-state index contributed by atoms with van der Waals surface area (Å²) in [5.41, 5.74) is 1.52. The van der Waals surface area contributed by atoms with Crippen LogP contribution in [-0.4, -0.2) is 6.61 Å². The average Bonchev–Trinajstić information content (AvgIpc) is 2.68. The van der Waals surface area contributed by atoms with E-state index >= 15 is 0 Å². The Labute approximate surface area is 161 Å². The SMILES string of the molecule is CCCC1CCCCC1CCCOc1ccc(C2CCC(C)CC2)cc1. The number of hydrogen-bond acceptors (Lipinski definition) is 1. The minimum absolute atomic E-state index is 0.780. The van der Waals surface area contributed by atoms with Gasteiger partial charge in [-0.05, 0) is 67.1 Å². The van der Waals surface area contributed by atoms with Crippen LogP contribution >= 0.6 is 0 Å². The molecule has 2 aliphatic rings. The summed E-state index contributed by atoms with van der Waals surface area (Å²) in [7, 11) is 0. The van der Waals surface area contributed by atoms with Gasteiger partial charge < -0.3 is 4.74 Å². The first-order valence-corrected chi connectivity index (χ1v) is 11.5. The minimum Gasteiger partial charge on any atom is -0.494 e. The Morgan fingerprint density at radius 3 is 2.15 bits per heavy atom. The van der Waals surface area contributed by atoms with E-state index in [1.165, 1.54) is 82.6 Å². The molecule has 0 N–H and O–H groups in total. The van der Waals surface area contributed by atoms with Gasteiger partial charge in [-0.1, -0.05) is 77.3 Å². The molecule has 2 saturated carbocycles. The van der Waals surface area contributed by atoms with Crippen LogP contribution in [0.4, 0.5) is 0 Å². The topological polar surface area (TPSA) is 9.23 Å². The number of hydrogen-bond donors (Lipinski definition) is 0. The molecular formula is C25H40O. The van der Waals surface area contributed by atoms with Gasteiger partial charge in [0.05, 0.1) is 6.61 Å². The fourth-order valence-electron chi connectivity index (χ4n) is 5.38. The lowest BCUT2D eigenvalue weighted by molar-refractivity contribution is 0.193. The molecule has 1 nitrogen and oxygen atoms in total.